The quantitative estimate of drug-likeness (QED) is 0.101. The predicted molar refractivity (Wildman–Crippen MR) is 208 cm³/mol. The Hall–Kier alpha value is -6.09. The first-order chi connectivity index (χ1) is 27.6. The Morgan fingerprint density at radius 1 is 0.603 bits per heavy atom. The molecule has 0 heterocycles. The number of alkyl halides is 6. The highest BCUT2D eigenvalue weighted by molar-refractivity contribution is 5.97. The number of anilines is 2. The smallest absolute Gasteiger partial charge is 0.416 e. The standard InChI is InChI=1S/C26H26F3NO5.C17H18F3NO2/c1-33-21-7-5-4-6-20(21)24(31)25(32)30(19-12-13-22(34-2)23(16-19)35-3)15-14-17-8-10-18(11-9-17)26(27,28)29;1-22-15-8-7-14(11-16(15)23-2)21-10-9-12-3-5-13(6-4-12)17(18,19)20/h4-13,16,24,31H,14-15H2,1-3H3;3-8,11,21H,9-10H2,1-2H3. The molecule has 310 valence electrons. The number of ether oxygens (including phenoxy) is 5. The van der Waals surface area contributed by atoms with Gasteiger partial charge in [0, 0.05) is 42.2 Å². The molecular weight excluding hydrogens is 770 g/mol. The van der Waals surface area contributed by atoms with E-state index in [1.54, 1.807) is 62.8 Å². The van der Waals surface area contributed by atoms with Gasteiger partial charge in [0.25, 0.3) is 5.91 Å². The molecule has 0 aliphatic rings. The van der Waals surface area contributed by atoms with Crippen LogP contribution in [0.2, 0.25) is 0 Å². The molecule has 1 amide bonds. The van der Waals surface area contributed by atoms with Gasteiger partial charge < -0.3 is 39.0 Å². The van der Waals surface area contributed by atoms with Gasteiger partial charge in [-0.2, -0.15) is 26.3 Å². The molecule has 0 aliphatic carbocycles. The third-order valence-corrected chi connectivity index (χ3v) is 8.93. The van der Waals surface area contributed by atoms with Crippen LogP contribution in [0.15, 0.2) is 109 Å². The van der Waals surface area contributed by atoms with Crippen molar-refractivity contribution in [2.24, 2.45) is 0 Å². The van der Waals surface area contributed by atoms with E-state index in [0.717, 1.165) is 35.5 Å². The van der Waals surface area contributed by atoms with Crippen LogP contribution in [0.5, 0.6) is 28.7 Å². The number of nitrogens with zero attached hydrogens (tertiary/aromatic N) is 1. The van der Waals surface area contributed by atoms with Crippen LogP contribution >= 0.6 is 0 Å². The first kappa shape index (κ1) is 44.6. The molecule has 1 unspecified atom stereocenters. The van der Waals surface area contributed by atoms with Gasteiger partial charge in [0.2, 0.25) is 0 Å². The van der Waals surface area contributed by atoms with Crippen molar-refractivity contribution in [1.82, 2.24) is 0 Å². The SMILES string of the molecule is COc1ccc(N(CCc2ccc(C(F)(F)F)cc2)C(=O)C(O)c2ccccc2OC)cc1OC.COc1ccc(NCCc2ccc(C(F)(F)F)cc2)cc1OC. The Balaban J connectivity index is 0.000000280. The molecule has 0 fully saturated rings. The normalized spacial score (nSPS) is 11.7. The van der Waals surface area contributed by atoms with Gasteiger partial charge in [-0.25, -0.2) is 0 Å². The van der Waals surface area contributed by atoms with Crippen LogP contribution in [0.4, 0.5) is 37.7 Å². The summed E-state index contributed by atoms with van der Waals surface area (Å²) in [6.45, 7) is 0.687. The highest BCUT2D eigenvalue weighted by Crippen LogP contribution is 2.35. The molecule has 0 aliphatic heterocycles. The summed E-state index contributed by atoms with van der Waals surface area (Å²) in [4.78, 5) is 14.8. The highest BCUT2D eigenvalue weighted by atomic mass is 19.4. The van der Waals surface area contributed by atoms with Crippen molar-refractivity contribution in [2.45, 2.75) is 31.3 Å². The van der Waals surface area contributed by atoms with E-state index >= 15 is 0 Å². The van der Waals surface area contributed by atoms with Crippen LogP contribution in [0.25, 0.3) is 0 Å². The number of para-hydroxylation sites is 1. The number of hydrogen-bond acceptors (Lipinski definition) is 8. The number of carbonyl (C=O) groups excluding carboxylic acids is 1. The Bertz CT molecular complexity index is 2070. The number of aliphatic hydroxyl groups is 1. The second-order valence-electron chi connectivity index (χ2n) is 12.6. The minimum atomic E-state index is -4.43. The van der Waals surface area contributed by atoms with E-state index < -0.39 is 35.5 Å². The number of halogens is 6. The summed E-state index contributed by atoms with van der Waals surface area (Å²) in [6, 6.07) is 26.9. The van der Waals surface area contributed by atoms with Crippen LogP contribution in [0.3, 0.4) is 0 Å². The van der Waals surface area contributed by atoms with Gasteiger partial charge in [0.1, 0.15) is 5.75 Å². The lowest BCUT2D eigenvalue weighted by Crippen LogP contribution is -2.37. The fraction of sp³-hybridized carbons (Fsp3) is 0.279. The summed E-state index contributed by atoms with van der Waals surface area (Å²) in [5.74, 6) is 1.81. The van der Waals surface area contributed by atoms with Gasteiger partial charge >= 0.3 is 12.4 Å². The van der Waals surface area contributed by atoms with Gasteiger partial charge in [-0.15, -0.1) is 0 Å². The number of benzene rings is 5. The Labute approximate surface area is 332 Å². The third kappa shape index (κ3) is 12.0. The van der Waals surface area contributed by atoms with Gasteiger partial charge in [-0.05, 0) is 78.6 Å². The lowest BCUT2D eigenvalue weighted by molar-refractivity contribution is -0.138. The van der Waals surface area contributed by atoms with E-state index in [4.69, 9.17) is 23.7 Å². The lowest BCUT2D eigenvalue weighted by atomic mass is 10.0. The van der Waals surface area contributed by atoms with E-state index in [-0.39, 0.29) is 13.0 Å². The molecule has 5 aromatic rings. The van der Waals surface area contributed by atoms with Gasteiger partial charge in [0.15, 0.2) is 29.1 Å². The topological polar surface area (TPSA) is 98.7 Å². The van der Waals surface area contributed by atoms with Crippen molar-refractivity contribution >= 4 is 17.3 Å². The summed E-state index contributed by atoms with van der Waals surface area (Å²) in [5.41, 5.74) is 1.63. The molecule has 15 heteroatoms. The van der Waals surface area contributed by atoms with Crippen molar-refractivity contribution in [1.29, 1.82) is 0 Å². The molecule has 1 atom stereocenters. The first-order valence-corrected chi connectivity index (χ1v) is 17.8. The Kier molecular flexibility index (Phi) is 15.7. The van der Waals surface area contributed by atoms with Crippen molar-refractivity contribution in [2.75, 3.05) is 58.9 Å². The minimum absolute atomic E-state index is 0.0892. The molecular formula is C43H44F6N2O7. The molecule has 0 spiro atoms. The highest BCUT2D eigenvalue weighted by Gasteiger charge is 2.31. The number of amides is 1. The van der Waals surface area contributed by atoms with E-state index in [1.807, 2.05) is 12.1 Å². The second-order valence-corrected chi connectivity index (χ2v) is 12.6. The molecule has 5 rings (SSSR count). The minimum Gasteiger partial charge on any atom is -0.496 e. The lowest BCUT2D eigenvalue weighted by Gasteiger charge is -2.27. The molecule has 0 aromatic heterocycles. The zero-order valence-electron chi connectivity index (χ0n) is 32.4. The maximum absolute atomic E-state index is 13.5. The van der Waals surface area contributed by atoms with Gasteiger partial charge in [-0.3, -0.25) is 4.79 Å². The third-order valence-electron chi connectivity index (χ3n) is 8.93. The van der Waals surface area contributed by atoms with Crippen LogP contribution < -0.4 is 33.9 Å². The number of hydrogen-bond donors (Lipinski definition) is 2. The van der Waals surface area contributed by atoms with Crippen molar-refractivity contribution in [3.05, 3.63) is 137 Å². The largest absolute Gasteiger partial charge is 0.496 e. The summed E-state index contributed by atoms with van der Waals surface area (Å²) in [6.07, 6.45) is -9.40. The number of aliphatic hydroxyl groups excluding tert-OH is 1. The maximum atomic E-state index is 13.5. The summed E-state index contributed by atoms with van der Waals surface area (Å²) in [5, 5.41) is 14.1. The zero-order chi connectivity index (χ0) is 42.5. The average Bonchev–Trinajstić information content (AvgIpc) is 3.23. The second kappa shape index (κ2) is 20.4. The van der Waals surface area contributed by atoms with Crippen LogP contribution in [0.1, 0.15) is 33.9 Å². The molecule has 0 radical (unpaired) electrons. The number of nitrogens with one attached hydrogen (secondary N) is 1. The van der Waals surface area contributed by atoms with Crippen LogP contribution in [-0.2, 0) is 30.0 Å². The maximum Gasteiger partial charge on any atom is 0.416 e. The van der Waals surface area contributed by atoms with E-state index in [9.17, 15) is 36.2 Å². The summed E-state index contributed by atoms with van der Waals surface area (Å²) < 4.78 is 102. The van der Waals surface area contributed by atoms with Crippen molar-refractivity contribution in [3.8, 4) is 28.7 Å². The Morgan fingerprint density at radius 3 is 1.60 bits per heavy atom. The number of rotatable bonds is 15. The molecule has 0 bridgehead atoms. The molecule has 0 saturated heterocycles. The molecule has 58 heavy (non-hydrogen) atoms. The fourth-order valence-corrected chi connectivity index (χ4v) is 5.79. The predicted octanol–water partition coefficient (Wildman–Crippen LogP) is 9.42. The van der Waals surface area contributed by atoms with Gasteiger partial charge in [-0.1, -0.05) is 42.5 Å². The number of methoxy groups -OCH3 is 5. The van der Waals surface area contributed by atoms with E-state index in [1.165, 1.54) is 50.5 Å². The summed E-state index contributed by atoms with van der Waals surface area (Å²) >= 11 is 0. The average molecular weight is 815 g/mol. The van der Waals surface area contributed by atoms with Crippen molar-refractivity contribution in [3.63, 3.8) is 0 Å². The van der Waals surface area contributed by atoms with E-state index in [0.29, 0.717) is 58.5 Å². The molecule has 9 nitrogen and oxygen atoms in total. The first-order valence-electron chi connectivity index (χ1n) is 17.8. The zero-order valence-corrected chi connectivity index (χ0v) is 32.4. The van der Waals surface area contributed by atoms with Gasteiger partial charge in [0.05, 0.1) is 46.7 Å². The summed E-state index contributed by atoms with van der Waals surface area (Å²) in [7, 11) is 7.50. The van der Waals surface area contributed by atoms with Crippen LogP contribution in [0, 0.1) is 0 Å². The Morgan fingerprint density at radius 2 is 1.09 bits per heavy atom. The molecule has 5 aromatic carbocycles. The van der Waals surface area contributed by atoms with Crippen molar-refractivity contribution < 1.29 is 59.9 Å². The fourth-order valence-electron chi connectivity index (χ4n) is 5.79. The monoisotopic (exact) mass is 814 g/mol. The number of carbonyl (C=O) groups is 1. The van der Waals surface area contributed by atoms with E-state index in [2.05, 4.69) is 5.32 Å². The van der Waals surface area contributed by atoms with Crippen LogP contribution in [-0.4, -0.2) is 59.7 Å². The molecule has 0 saturated carbocycles. The molecule has 2 N–H and O–H groups in total.